The van der Waals surface area contributed by atoms with Gasteiger partial charge in [0.2, 0.25) is 0 Å². The van der Waals surface area contributed by atoms with Crippen molar-refractivity contribution in [1.82, 2.24) is 5.32 Å². The molecule has 0 bridgehead atoms. The average molecular weight is 894 g/mol. The zero-order chi connectivity index (χ0) is 44.5. The molecule has 1 N–H and O–H groups in total. The zero-order valence-electron chi connectivity index (χ0n) is 40.8. The molecule has 0 unspecified atom stereocenters. The molecule has 0 aliphatic rings. The van der Waals surface area contributed by atoms with Gasteiger partial charge in [-0.1, -0.05) is 237 Å². The van der Waals surface area contributed by atoms with Gasteiger partial charge in [-0.05, 0) is 37.7 Å². The minimum atomic E-state index is -3.34. The molecule has 0 aromatic heterocycles. The lowest BCUT2D eigenvalue weighted by Gasteiger charge is -2.19. The van der Waals surface area contributed by atoms with Crippen molar-refractivity contribution in [2.75, 3.05) is 52.3 Å². The predicted octanol–water partition coefficient (Wildman–Crippen LogP) is 16.9. The Labute approximate surface area is 383 Å². The summed E-state index contributed by atoms with van der Waals surface area (Å²) in [5, 5.41) is 2.76. The minimum absolute atomic E-state index is 0.209. The number of carbonyl (C=O) groups excluding carboxylic acids is 1. The van der Waals surface area contributed by atoms with E-state index in [0.29, 0.717) is 52.2 Å². The fourth-order valence-electron chi connectivity index (χ4n) is 7.84. The van der Waals surface area contributed by atoms with E-state index in [1.807, 2.05) is 30.3 Å². The molecule has 8 nitrogen and oxygen atoms in total. The molecule has 0 saturated carbocycles. The van der Waals surface area contributed by atoms with E-state index in [1.165, 1.54) is 193 Å². The third kappa shape index (κ3) is 42.5. The number of hydrogen-bond donors (Lipinski definition) is 1. The molecule has 0 saturated heterocycles. The first-order valence-corrected chi connectivity index (χ1v) is 28.3. The summed E-state index contributed by atoms with van der Waals surface area (Å²) in [6.07, 6.45) is 45.1. The molecule has 62 heavy (non-hydrogen) atoms. The van der Waals surface area contributed by atoms with E-state index in [2.05, 4.69) is 19.2 Å². The zero-order valence-corrected chi connectivity index (χ0v) is 41.7. The van der Waals surface area contributed by atoms with Gasteiger partial charge in [0, 0.05) is 33.0 Å². The highest BCUT2D eigenvalue weighted by atomic mass is 31.2. The Hall–Kier alpha value is -1.44. The quantitative estimate of drug-likeness (QED) is 0.0514. The number of rotatable bonds is 50. The van der Waals surface area contributed by atoms with Gasteiger partial charge in [-0.15, -0.1) is 0 Å². The van der Waals surface area contributed by atoms with Crippen LogP contribution in [0.5, 0.6) is 0 Å². The van der Waals surface area contributed by atoms with E-state index in [9.17, 15) is 9.36 Å². The molecule has 1 rings (SSSR count). The summed E-state index contributed by atoms with van der Waals surface area (Å²) >= 11 is 0. The lowest BCUT2D eigenvalue weighted by molar-refractivity contribution is 0.102. The van der Waals surface area contributed by atoms with Gasteiger partial charge in [0.15, 0.2) is 0 Å². The van der Waals surface area contributed by atoms with Crippen LogP contribution in [0.4, 0.5) is 4.79 Å². The Morgan fingerprint density at radius 3 is 1.15 bits per heavy atom. The number of alkyl carbamates (subject to hydrolysis) is 1. The van der Waals surface area contributed by atoms with Crippen molar-refractivity contribution in [3.63, 3.8) is 0 Å². The van der Waals surface area contributed by atoms with Crippen molar-refractivity contribution in [1.29, 1.82) is 0 Å². The Morgan fingerprint density at radius 1 is 0.435 bits per heavy atom. The van der Waals surface area contributed by atoms with Crippen LogP contribution in [0.25, 0.3) is 0 Å². The van der Waals surface area contributed by atoms with Gasteiger partial charge in [0.25, 0.3) is 0 Å². The molecule has 0 heterocycles. The fourth-order valence-corrected chi connectivity index (χ4v) is 9.53. The molecule has 0 atom stereocenters. The first kappa shape index (κ1) is 58.6. The fraction of sp³-hybridized carbons (Fsp3) is 0.868. The Balaban J connectivity index is 2.12. The summed E-state index contributed by atoms with van der Waals surface area (Å²) in [6.45, 7) is 8.44. The Morgan fingerprint density at radius 2 is 0.774 bits per heavy atom. The molecule has 0 aliphatic carbocycles. The van der Waals surface area contributed by atoms with Crippen LogP contribution in [-0.2, 0) is 34.4 Å². The highest BCUT2D eigenvalue weighted by Gasteiger charge is 2.24. The molecule has 0 aliphatic heterocycles. The van der Waals surface area contributed by atoms with Crippen molar-refractivity contribution in [2.45, 2.75) is 245 Å². The summed E-state index contributed by atoms with van der Waals surface area (Å²) in [4.78, 5) is 12.2. The van der Waals surface area contributed by atoms with Crippen molar-refractivity contribution < 1.29 is 32.6 Å². The molecule has 0 fully saturated rings. The topological polar surface area (TPSA) is 92.3 Å². The summed E-state index contributed by atoms with van der Waals surface area (Å²) < 4.78 is 42.5. The lowest BCUT2D eigenvalue weighted by Crippen LogP contribution is -2.26. The van der Waals surface area contributed by atoms with Gasteiger partial charge in [0.1, 0.15) is 6.61 Å². The van der Waals surface area contributed by atoms with Gasteiger partial charge in [-0.25, -0.2) is 4.79 Å². The van der Waals surface area contributed by atoms with E-state index in [0.717, 1.165) is 31.6 Å². The number of nitrogens with one attached hydrogen (secondary N) is 1. The summed E-state index contributed by atoms with van der Waals surface area (Å²) in [6, 6.07) is 9.58. The molecule has 0 radical (unpaired) electrons. The van der Waals surface area contributed by atoms with E-state index in [1.54, 1.807) is 0 Å². The second-order valence-corrected chi connectivity index (χ2v) is 20.1. The van der Waals surface area contributed by atoms with E-state index in [4.69, 9.17) is 23.3 Å². The lowest BCUT2D eigenvalue weighted by atomic mass is 10.0. The van der Waals surface area contributed by atoms with Crippen LogP contribution >= 0.6 is 7.60 Å². The summed E-state index contributed by atoms with van der Waals surface area (Å²) in [5.74, 6) is 0. The molecule has 1 amide bonds. The van der Waals surface area contributed by atoms with Gasteiger partial charge in [-0.3, -0.25) is 4.57 Å². The Kier molecular flexibility index (Phi) is 44.9. The van der Waals surface area contributed by atoms with Crippen molar-refractivity contribution in [3.8, 4) is 0 Å². The second kappa shape index (κ2) is 47.5. The highest BCUT2D eigenvalue weighted by Crippen LogP contribution is 2.48. The predicted molar refractivity (Wildman–Crippen MR) is 264 cm³/mol. The molecule has 1 aromatic rings. The van der Waals surface area contributed by atoms with Gasteiger partial charge >= 0.3 is 13.7 Å². The van der Waals surface area contributed by atoms with Gasteiger partial charge < -0.3 is 28.6 Å². The number of ether oxygens (including phenoxy) is 3. The number of carbonyl (C=O) groups is 1. The van der Waals surface area contributed by atoms with Crippen molar-refractivity contribution >= 4 is 13.7 Å². The third-order valence-electron chi connectivity index (χ3n) is 11.8. The molecule has 364 valence electrons. The van der Waals surface area contributed by atoms with Crippen LogP contribution in [0.15, 0.2) is 30.3 Å². The summed E-state index contributed by atoms with van der Waals surface area (Å²) in [7, 11) is -3.34. The van der Waals surface area contributed by atoms with Crippen molar-refractivity contribution in [2.24, 2.45) is 0 Å². The SMILES string of the molecule is CCCCCCCCCCCCCCCCCCOCCCOP(=O)(CCCNC(=O)OCc1ccccc1)OCCCOCCCCCCCCCCCCCCCCCC. The molecule has 0 spiro atoms. The van der Waals surface area contributed by atoms with E-state index >= 15 is 0 Å². The molecule has 1 aromatic carbocycles. The maximum Gasteiger partial charge on any atom is 0.407 e. The maximum absolute atomic E-state index is 13.7. The maximum atomic E-state index is 13.7. The molecular weight excluding hydrogens is 794 g/mol. The normalized spacial score (nSPS) is 11.7. The van der Waals surface area contributed by atoms with Crippen LogP contribution in [0, 0.1) is 0 Å². The smallest absolute Gasteiger partial charge is 0.407 e. The standard InChI is InChI=1S/C53H100NO7P/c1-3-5-7-9-11-13-15-17-19-21-23-25-27-29-31-36-44-57-46-39-48-60-62(56,50-38-43-54-53(55)59-51-52-41-34-33-35-42-52)61-49-40-47-58-45-37-32-30-28-26-24-22-20-18-16-14-12-10-8-6-4-2/h33-35,41-42H,3-32,36-40,43-51H2,1-2H3,(H,54,55). The van der Waals surface area contributed by atoms with Crippen LogP contribution < -0.4 is 5.32 Å². The van der Waals surface area contributed by atoms with E-state index in [-0.39, 0.29) is 12.8 Å². The van der Waals surface area contributed by atoms with Gasteiger partial charge in [0.05, 0.1) is 19.4 Å². The summed E-state index contributed by atoms with van der Waals surface area (Å²) in [5.41, 5.74) is 0.928. The Bertz CT molecular complexity index is 1040. The number of unbranched alkanes of at least 4 members (excludes halogenated alkanes) is 30. The first-order chi connectivity index (χ1) is 30.6. The van der Waals surface area contributed by atoms with Gasteiger partial charge in [-0.2, -0.15) is 0 Å². The van der Waals surface area contributed by atoms with Crippen LogP contribution in [0.3, 0.4) is 0 Å². The van der Waals surface area contributed by atoms with Crippen LogP contribution in [0.1, 0.15) is 244 Å². The van der Waals surface area contributed by atoms with Crippen molar-refractivity contribution in [3.05, 3.63) is 35.9 Å². The second-order valence-electron chi connectivity index (χ2n) is 17.9. The number of hydrogen-bond acceptors (Lipinski definition) is 7. The minimum Gasteiger partial charge on any atom is -0.445 e. The van der Waals surface area contributed by atoms with Crippen LogP contribution in [-0.4, -0.2) is 58.4 Å². The third-order valence-corrected chi connectivity index (χ3v) is 13.8. The van der Waals surface area contributed by atoms with E-state index < -0.39 is 13.7 Å². The monoisotopic (exact) mass is 894 g/mol. The molecule has 9 heteroatoms. The number of amides is 1. The average Bonchev–Trinajstić information content (AvgIpc) is 3.28. The molecular formula is C53H100NO7P. The highest BCUT2D eigenvalue weighted by molar-refractivity contribution is 7.53. The van der Waals surface area contributed by atoms with Crippen LogP contribution in [0.2, 0.25) is 0 Å². The largest absolute Gasteiger partial charge is 0.445 e. The first-order valence-electron chi connectivity index (χ1n) is 26.6. The number of benzene rings is 1.